The third kappa shape index (κ3) is 2.66. The lowest BCUT2D eigenvalue weighted by molar-refractivity contribution is 0.0963. The molecule has 3 rings (SSSR count). The molecule has 0 bridgehead atoms. The molecule has 1 aliphatic carbocycles. The predicted molar refractivity (Wildman–Crippen MR) is 80.3 cm³/mol. The Balaban J connectivity index is 1.94. The summed E-state index contributed by atoms with van der Waals surface area (Å²) >= 11 is 0. The van der Waals surface area contributed by atoms with E-state index >= 15 is 0 Å². The van der Waals surface area contributed by atoms with Gasteiger partial charge in [0.05, 0.1) is 19.9 Å². The molecule has 0 N–H and O–H groups in total. The van der Waals surface area contributed by atoms with Gasteiger partial charge in [0.25, 0.3) is 0 Å². The number of hydrogen-bond acceptors (Lipinski definition) is 3. The Morgan fingerprint density at radius 3 is 2.48 bits per heavy atom. The van der Waals surface area contributed by atoms with Crippen molar-refractivity contribution in [1.29, 1.82) is 0 Å². The molecule has 0 fully saturated rings. The Morgan fingerprint density at radius 2 is 1.81 bits per heavy atom. The number of nitrogens with zero attached hydrogens (tertiary/aromatic N) is 1. The Kier molecular flexibility index (Phi) is 3.69. The summed E-state index contributed by atoms with van der Waals surface area (Å²) in [5, 5.41) is 0. The molecule has 0 atom stereocenters. The normalized spacial score (nSPS) is 13.9. The van der Waals surface area contributed by atoms with Crippen LogP contribution < -0.4 is 9.47 Å². The lowest BCUT2D eigenvalue weighted by atomic mass is 9.97. The maximum Gasteiger partial charge on any atom is 0.179 e. The number of aromatic nitrogens is 1. The van der Waals surface area contributed by atoms with E-state index in [2.05, 4.69) is 6.07 Å². The van der Waals surface area contributed by atoms with Gasteiger partial charge in [-0.1, -0.05) is 0 Å². The summed E-state index contributed by atoms with van der Waals surface area (Å²) in [5.74, 6) is 1.77. The smallest absolute Gasteiger partial charge is 0.179 e. The molecule has 0 amide bonds. The summed E-state index contributed by atoms with van der Waals surface area (Å²) in [6.07, 6.45) is 4.61. The third-order valence-corrected chi connectivity index (χ3v) is 3.93. The number of Topliss-reactive ketones (excluding diaryl/α,β-unsaturated/α-hetero) is 1. The molecule has 1 aliphatic rings. The highest BCUT2D eigenvalue weighted by molar-refractivity contribution is 5.97. The van der Waals surface area contributed by atoms with Gasteiger partial charge in [0.1, 0.15) is 11.5 Å². The van der Waals surface area contributed by atoms with Crippen LogP contribution in [0.2, 0.25) is 0 Å². The van der Waals surface area contributed by atoms with E-state index in [1.54, 1.807) is 14.2 Å². The van der Waals surface area contributed by atoms with Gasteiger partial charge in [-0.2, -0.15) is 0 Å². The van der Waals surface area contributed by atoms with Gasteiger partial charge in [-0.15, -0.1) is 0 Å². The van der Waals surface area contributed by atoms with Crippen LogP contribution in [0, 0.1) is 0 Å². The van der Waals surface area contributed by atoms with Crippen LogP contribution in [0.5, 0.6) is 11.5 Å². The van der Waals surface area contributed by atoms with Crippen molar-refractivity contribution in [2.45, 2.75) is 25.8 Å². The second kappa shape index (κ2) is 5.64. The Bertz CT molecular complexity index is 650. The zero-order valence-electron chi connectivity index (χ0n) is 12.4. The molecule has 110 valence electrons. The summed E-state index contributed by atoms with van der Waals surface area (Å²) in [5.41, 5.74) is 3.09. The number of carbonyl (C=O) groups excluding carboxylic acids is 1. The molecular weight excluding hydrogens is 266 g/mol. The third-order valence-electron chi connectivity index (χ3n) is 3.93. The molecule has 21 heavy (non-hydrogen) atoms. The first kappa shape index (κ1) is 13.7. The van der Waals surface area contributed by atoms with Crippen LogP contribution in [0.15, 0.2) is 30.5 Å². The van der Waals surface area contributed by atoms with Gasteiger partial charge in [0.15, 0.2) is 5.78 Å². The minimum absolute atomic E-state index is 0.246. The summed E-state index contributed by atoms with van der Waals surface area (Å²) in [6.45, 7) is 0.647. The van der Waals surface area contributed by atoms with Crippen molar-refractivity contribution in [2.24, 2.45) is 0 Å². The number of aryl methyl sites for hydroxylation is 1. The first-order valence-corrected chi connectivity index (χ1v) is 7.14. The van der Waals surface area contributed by atoms with Gasteiger partial charge >= 0.3 is 0 Å². The zero-order valence-corrected chi connectivity index (χ0v) is 12.4. The second-order valence-electron chi connectivity index (χ2n) is 5.32. The van der Waals surface area contributed by atoms with Crippen molar-refractivity contribution in [3.05, 3.63) is 47.3 Å². The van der Waals surface area contributed by atoms with E-state index in [1.807, 2.05) is 29.0 Å². The number of carbonyl (C=O) groups is 1. The van der Waals surface area contributed by atoms with E-state index in [0.717, 1.165) is 35.6 Å². The largest absolute Gasteiger partial charge is 0.497 e. The first-order valence-electron chi connectivity index (χ1n) is 7.14. The van der Waals surface area contributed by atoms with E-state index in [-0.39, 0.29) is 5.78 Å². The monoisotopic (exact) mass is 285 g/mol. The molecular formula is C17H19NO3. The van der Waals surface area contributed by atoms with E-state index < -0.39 is 0 Å². The average Bonchev–Trinajstić information content (AvgIpc) is 2.91. The Morgan fingerprint density at radius 1 is 1.10 bits per heavy atom. The number of fused-ring (bicyclic) bond motifs is 1. The Hall–Kier alpha value is -2.23. The van der Waals surface area contributed by atoms with Gasteiger partial charge in [0, 0.05) is 25.2 Å². The molecule has 1 aromatic heterocycles. The van der Waals surface area contributed by atoms with E-state index in [1.165, 1.54) is 5.56 Å². The van der Waals surface area contributed by atoms with E-state index in [9.17, 15) is 4.79 Å². The second-order valence-corrected chi connectivity index (χ2v) is 5.32. The maximum absolute atomic E-state index is 12.1. The number of benzene rings is 1. The van der Waals surface area contributed by atoms with Crippen LogP contribution in [0.25, 0.3) is 0 Å². The van der Waals surface area contributed by atoms with Gasteiger partial charge in [-0.05, 0) is 42.2 Å². The van der Waals surface area contributed by atoms with Crippen molar-refractivity contribution < 1.29 is 14.3 Å². The van der Waals surface area contributed by atoms with E-state index in [4.69, 9.17) is 9.47 Å². The number of rotatable bonds is 4. The van der Waals surface area contributed by atoms with Crippen LogP contribution in [-0.2, 0) is 13.0 Å². The summed E-state index contributed by atoms with van der Waals surface area (Å²) < 4.78 is 12.6. The van der Waals surface area contributed by atoms with Crippen molar-refractivity contribution >= 4 is 5.78 Å². The van der Waals surface area contributed by atoms with Crippen LogP contribution in [0.3, 0.4) is 0 Å². The average molecular weight is 285 g/mol. The van der Waals surface area contributed by atoms with Crippen molar-refractivity contribution in [3.63, 3.8) is 0 Å². The highest BCUT2D eigenvalue weighted by Crippen LogP contribution is 2.26. The fraction of sp³-hybridized carbons (Fsp3) is 0.353. The van der Waals surface area contributed by atoms with Gasteiger partial charge < -0.3 is 14.0 Å². The summed E-state index contributed by atoms with van der Waals surface area (Å²) in [4.78, 5) is 12.1. The van der Waals surface area contributed by atoms with Crippen LogP contribution in [0.4, 0.5) is 0 Å². The fourth-order valence-electron chi connectivity index (χ4n) is 2.90. The topological polar surface area (TPSA) is 40.5 Å². The van der Waals surface area contributed by atoms with Gasteiger partial charge in [-0.25, -0.2) is 0 Å². The predicted octanol–water partition coefficient (Wildman–Crippen LogP) is 3.07. The van der Waals surface area contributed by atoms with E-state index in [0.29, 0.717) is 13.0 Å². The molecule has 4 heteroatoms. The zero-order chi connectivity index (χ0) is 14.8. The molecule has 1 heterocycles. The molecule has 0 aliphatic heterocycles. The number of ketones is 1. The molecule has 1 aromatic carbocycles. The minimum atomic E-state index is 0.246. The number of ether oxygens (including phenoxy) is 2. The van der Waals surface area contributed by atoms with Gasteiger partial charge in [-0.3, -0.25) is 4.79 Å². The quantitative estimate of drug-likeness (QED) is 0.866. The highest BCUT2D eigenvalue weighted by Gasteiger charge is 2.21. The van der Waals surface area contributed by atoms with Crippen molar-refractivity contribution in [2.75, 3.05) is 14.2 Å². The lowest BCUT2D eigenvalue weighted by Gasteiger charge is -2.15. The molecule has 0 unspecified atom stereocenters. The molecule has 2 aromatic rings. The van der Waals surface area contributed by atoms with Crippen LogP contribution in [0.1, 0.15) is 34.5 Å². The van der Waals surface area contributed by atoms with Crippen LogP contribution >= 0.6 is 0 Å². The SMILES string of the molecule is COc1cc(Cn2ccc3c2C(=O)CCC3)cc(OC)c1. The number of methoxy groups -OCH3 is 2. The molecule has 0 radical (unpaired) electrons. The summed E-state index contributed by atoms with van der Waals surface area (Å²) in [6, 6.07) is 7.86. The maximum atomic E-state index is 12.1. The molecule has 4 nitrogen and oxygen atoms in total. The minimum Gasteiger partial charge on any atom is -0.497 e. The van der Waals surface area contributed by atoms with Crippen molar-refractivity contribution in [3.8, 4) is 11.5 Å². The summed E-state index contributed by atoms with van der Waals surface area (Å²) in [7, 11) is 3.28. The molecule has 0 saturated heterocycles. The molecule has 0 saturated carbocycles. The highest BCUT2D eigenvalue weighted by atomic mass is 16.5. The first-order chi connectivity index (χ1) is 10.2. The Labute approximate surface area is 124 Å². The number of hydrogen-bond donors (Lipinski definition) is 0. The standard InChI is InChI=1S/C17H19NO3/c1-20-14-8-12(9-15(10-14)21-2)11-18-7-6-13-4-3-5-16(19)17(13)18/h6-10H,3-5,11H2,1-2H3. The molecule has 0 spiro atoms. The fourth-order valence-corrected chi connectivity index (χ4v) is 2.90. The van der Waals surface area contributed by atoms with Gasteiger partial charge in [0.2, 0.25) is 0 Å². The van der Waals surface area contributed by atoms with Crippen molar-refractivity contribution in [1.82, 2.24) is 4.57 Å². The lowest BCUT2D eigenvalue weighted by Crippen LogP contribution is -2.15. The van der Waals surface area contributed by atoms with Crippen LogP contribution in [-0.4, -0.2) is 24.6 Å².